The SMILES string of the molecule is COc1cc(F)c([C@@H]2CNC(=O)[C@H]2NC(=O)Nc2cccc(O)c2)c(F)c1. The van der Waals surface area contributed by atoms with Gasteiger partial charge in [0.25, 0.3) is 0 Å². The van der Waals surface area contributed by atoms with Crippen molar-refractivity contribution in [2.45, 2.75) is 12.0 Å². The number of methoxy groups -OCH3 is 1. The summed E-state index contributed by atoms with van der Waals surface area (Å²) < 4.78 is 33.5. The number of rotatable bonds is 4. The lowest BCUT2D eigenvalue weighted by Gasteiger charge is -2.20. The Bertz CT molecular complexity index is 868. The average Bonchev–Trinajstić information content (AvgIpc) is 2.95. The number of carbonyl (C=O) groups excluding carboxylic acids is 2. The first-order chi connectivity index (χ1) is 12.9. The van der Waals surface area contributed by atoms with E-state index in [1.807, 2.05) is 0 Å². The van der Waals surface area contributed by atoms with Gasteiger partial charge in [-0.2, -0.15) is 0 Å². The normalized spacial score (nSPS) is 18.7. The van der Waals surface area contributed by atoms with E-state index in [0.29, 0.717) is 5.69 Å². The number of ether oxygens (including phenoxy) is 1. The van der Waals surface area contributed by atoms with E-state index in [2.05, 4.69) is 16.0 Å². The molecule has 0 spiro atoms. The number of phenols is 1. The highest BCUT2D eigenvalue weighted by Gasteiger charge is 2.40. The molecule has 2 atom stereocenters. The van der Waals surface area contributed by atoms with Gasteiger partial charge >= 0.3 is 6.03 Å². The van der Waals surface area contributed by atoms with Crippen LogP contribution in [0.25, 0.3) is 0 Å². The highest BCUT2D eigenvalue weighted by atomic mass is 19.1. The standard InChI is InChI=1S/C18H17F2N3O4/c1-27-11-6-13(19)15(14(20)7-11)12-8-21-17(25)16(12)23-18(26)22-9-3-2-4-10(24)5-9/h2-7,12,16,24H,8H2,1H3,(H,21,25)(H2,22,23,26)/t12-,16-/m0/s1. The maximum atomic E-state index is 14.4. The summed E-state index contributed by atoms with van der Waals surface area (Å²) in [6, 6.07) is 5.93. The van der Waals surface area contributed by atoms with Gasteiger partial charge in [0.2, 0.25) is 5.91 Å². The first-order valence-corrected chi connectivity index (χ1v) is 8.06. The van der Waals surface area contributed by atoms with Gasteiger partial charge in [0.15, 0.2) is 0 Å². The summed E-state index contributed by atoms with van der Waals surface area (Å²) in [4.78, 5) is 24.3. The molecule has 7 nitrogen and oxygen atoms in total. The molecule has 0 bridgehead atoms. The lowest BCUT2D eigenvalue weighted by atomic mass is 9.93. The van der Waals surface area contributed by atoms with Crippen molar-refractivity contribution >= 4 is 17.6 Å². The molecule has 2 aromatic rings. The van der Waals surface area contributed by atoms with Crippen molar-refractivity contribution in [3.63, 3.8) is 0 Å². The van der Waals surface area contributed by atoms with E-state index in [1.165, 1.54) is 31.4 Å². The molecule has 9 heteroatoms. The number of carbonyl (C=O) groups is 2. The molecule has 1 aliphatic rings. The van der Waals surface area contributed by atoms with Crippen molar-refractivity contribution in [2.24, 2.45) is 0 Å². The second-order valence-electron chi connectivity index (χ2n) is 5.98. The summed E-state index contributed by atoms with van der Waals surface area (Å²) in [7, 11) is 1.28. The smallest absolute Gasteiger partial charge is 0.319 e. The van der Waals surface area contributed by atoms with Crippen molar-refractivity contribution in [2.75, 3.05) is 19.0 Å². The van der Waals surface area contributed by atoms with Crippen LogP contribution in [0.15, 0.2) is 36.4 Å². The van der Waals surface area contributed by atoms with Gasteiger partial charge in [0.05, 0.1) is 7.11 Å². The highest BCUT2D eigenvalue weighted by Crippen LogP contribution is 2.31. The number of benzene rings is 2. The van der Waals surface area contributed by atoms with Crippen LogP contribution in [0.4, 0.5) is 19.3 Å². The van der Waals surface area contributed by atoms with Crippen LogP contribution in [0.1, 0.15) is 11.5 Å². The van der Waals surface area contributed by atoms with Crippen LogP contribution in [0, 0.1) is 11.6 Å². The average molecular weight is 377 g/mol. The van der Waals surface area contributed by atoms with Crippen molar-refractivity contribution < 1.29 is 28.2 Å². The zero-order valence-corrected chi connectivity index (χ0v) is 14.3. The molecule has 0 radical (unpaired) electrons. The first-order valence-electron chi connectivity index (χ1n) is 8.06. The van der Waals surface area contributed by atoms with Gasteiger partial charge in [-0.15, -0.1) is 0 Å². The molecule has 27 heavy (non-hydrogen) atoms. The summed E-state index contributed by atoms with van der Waals surface area (Å²) >= 11 is 0. The summed E-state index contributed by atoms with van der Waals surface area (Å²) in [5.41, 5.74) is -0.0129. The van der Waals surface area contributed by atoms with Crippen LogP contribution in [0.3, 0.4) is 0 Å². The molecule has 3 rings (SSSR count). The minimum atomic E-state index is -1.17. The van der Waals surface area contributed by atoms with E-state index in [0.717, 1.165) is 12.1 Å². The Morgan fingerprint density at radius 1 is 1.26 bits per heavy atom. The molecule has 0 aliphatic carbocycles. The molecule has 1 aliphatic heterocycles. The van der Waals surface area contributed by atoms with Gasteiger partial charge in [-0.05, 0) is 12.1 Å². The number of anilines is 1. The Balaban J connectivity index is 1.80. The molecule has 3 amide bonds. The lowest BCUT2D eigenvalue weighted by molar-refractivity contribution is -0.120. The van der Waals surface area contributed by atoms with Gasteiger partial charge in [-0.1, -0.05) is 6.07 Å². The van der Waals surface area contributed by atoms with Gasteiger partial charge in [-0.25, -0.2) is 13.6 Å². The van der Waals surface area contributed by atoms with Crippen LogP contribution in [0.2, 0.25) is 0 Å². The Morgan fingerprint density at radius 3 is 2.59 bits per heavy atom. The fourth-order valence-electron chi connectivity index (χ4n) is 2.98. The maximum Gasteiger partial charge on any atom is 0.319 e. The molecule has 1 saturated heterocycles. The van der Waals surface area contributed by atoms with E-state index in [-0.39, 0.29) is 23.6 Å². The van der Waals surface area contributed by atoms with E-state index < -0.39 is 35.5 Å². The molecule has 1 heterocycles. The van der Waals surface area contributed by atoms with Crippen LogP contribution in [-0.2, 0) is 4.79 Å². The monoisotopic (exact) mass is 377 g/mol. The minimum Gasteiger partial charge on any atom is -0.508 e. The number of hydrogen-bond acceptors (Lipinski definition) is 4. The second kappa shape index (κ2) is 7.48. The van der Waals surface area contributed by atoms with Gasteiger partial charge < -0.3 is 25.8 Å². The van der Waals surface area contributed by atoms with E-state index >= 15 is 0 Å². The topological polar surface area (TPSA) is 99.7 Å². The van der Waals surface area contributed by atoms with Crippen molar-refractivity contribution in [1.29, 1.82) is 0 Å². The molecular formula is C18H17F2N3O4. The zero-order chi connectivity index (χ0) is 19.6. The number of halogens is 2. The zero-order valence-electron chi connectivity index (χ0n) is 14.3. The second-order valence-corrected chi connectivity index (χ2v) is 5.98. The molecule has 2 aromatic carbocycles. The van der Waals surface area contributed by atoms with Crippen molar-refractivity contribution in [3.8, 4) is 11.5 Å². The molecular weight excluding hydrogens is 360 g/mol. The van der Waals surface area contributed by atoms with Gasteiger partial charge in [0.1, 0.15) is 29.2 Å². The highest BCUT2D eigenvalue weighted by molar-refractivity contribution is 5.95. The van der Waals surface area contributed by atoms with Crippen LogP contribution < -0.4 is 20.7 Å². The van der Waals surface area contributed by atoms with E-state index in [4.69, 9.17) is 4.74 Å². The maximum absolute atomic E-state index is 14.4. The molecule has 1 fully saturated rings. The van der Waals surface area contributed by atoms with Crippen LogP contribution >= 0.6 is 0 Å². The lowest BCUT2D eigenvalue weighted by Crippen LogP contribution is -2.45. The molecule has 0 aromatic heterocycles. The number of nitrogens with one attached hydrogen (secondary N) is 3. The summed E-state index contributed by atoms with van der Waals surface area (Å²) in [5, 5.41) is 16.8. The number of amides is 3. The van der Waals surface area contributed by atoms with Gasteiger partial charge in [0, 0.05) is 41.9 Å². The van der Waals surface area contributed by atoms with Crippen molar-refractivity contribution in [3.05, 3.63) is 53.6 Å². The number of urea groups is 1. The van der Waals surface area contributed by atoms with E-state index in [9.17, 15) is 23.5 Å². The Morgan fingerprint density at radius 2 is 1.96 bits per heavy atom. The Labute approximate surface area is 153 Å². The summed E-state index contributed by atoms with van der Waals surface area (Å²) in [6.07, 6.45) is 0. The molecule has 4 N–H and O–H groups in total. The predicted octanol–water partition coefficient (Wildman–Crippen LogP) is 2.08. The summed E-state index contributed by atoms with van der Waals surface area (Å²) in [6.45, 7) is -0.0317. The number of phenolic OH excluding ortho intramolecular Hbond substituents is 1. The third-order valence-corrected chi connectivity index (χ3v) is 4.23. The quantitative estimate of drug-likeness (QED) is 0.656. The molecule has 0 saturated carbocycles. The fourth-order valence-corrected chi connectivity index (χ4v) is 2.98. The third kappa shape index (κ3) is 3.91. The molecule has 142 valence electrons. The fraction of sp³-hybridized carbons (Fsp3) is 0.222. The predicted molar refractivity (Wildman–Crippen MR) is 92.7 cm³/mol. The van der Waals surface area contributed by atoms with Crippen molar-refractivity contribution in [1.82, 2.24) is 10.6 Å². The van der Waals surface area contributed by atoms with E-state index in [1.54, 1.807) is 0 Å². The summed E-state index contributed by atoms with van der Waals surface area (Å²) in [5.74, 6) is -3.26. The Hall–Kier alpha value is -3.36. The Kier molecular flexibility index (Phi) is 5.11. The molecule has 0 unspecified atom stereocenters. The largest absolute Gasteiger partial charge is 0.508 e. The minimum absolute atomic E-state index is 0.0113. The van der Waals surface area contributed by atoms with Gasteiger partial charge in [-0.3, -0.25) is 4.79 Å². The number of hydrogen-bond donors (Lipinski definition) is 4. The number of aromatic hydroxyl groups is 1. The first kappa shape index (κ1) is 18.4. The van der Waals surface area contributed by atoms with Crippen LogP contribution in [-0.4, -0.2) is 36.7 Å². The third-order valence-electron chi connectivity index (χ3n) is 4.23. The van der Waals surface area contributed by atoms with Crippen LogP contribution in [0.5, 0.6) is 11.5 Å².